The molecule has 1 aromatic rings. The molecule has 0 aromatic carbocycles. The van der Waals surface area contributed by atoms with Crippen molar-refractivity contribution < 1.29 is 14.1 Å². The van der Waals surface area contributed by atoms with E-state index in [0.717, 1.165) is 0 Å². The van der Waals surface area contributed by atoms with E-state index in [2.05, 4.69) is 20.0 Å². The molecule has 0 unspecified atom stereocenters. The normalized spacial score (nSPS) is 9.71. The smallest absolute Gasteiger partial charge is 0.318 e. The number of carbonyl (C=O) groups excluding carboxylic acids is 2. The lowest BCUT2D eigenvalue weighted by Gasteiger charge is -2.00. The highest BCUT2D eigenvalue weighted by molar-refractivity contribution is 5.94. The number of hydrogen-bond donors (Lipinski definition) is 3. The number of carbonyl (C=O) groups is 2. The highest BCUT2D eigenvalue weighted by Crippen LogP contribution is 1.85. The van der Waals surface area contributed by atoms with Gasteiger partial charge in [-0.3, -0.25) is 10.1 Å². The minimum Gasteiger partial charge on any atom is -0.351 e. The zero-order valence-corrected chi connectivity index (χ0v) is 7.19. The summed E-state index contributed by atoms with van der Waals surface area (Å²) in [5.74, 6) is -0.0853. The molecule has 8 heteroatoms. The van der Waals surface area contributed by atoms with Gasteiger partial charge in [0.1, 0.15) is 0 Å². The van der Waals surface area contributed by atoms with Crippen molar-refractivity contribution >= 4 is 11.9 Å². The zero-order valence-electron chi connectivity index (χ0n) is 7.19. The molecule has 0 spiro atoms. The highest BCUT2D eigenvalue weighted by Gasteiger charge is 2.04. The van der Waals surface area contributed by atoms with Crippen molar-refractivity contribution in [1.29, 1.82) is 0 Å². The molecule has 3 amide bonds. The summed E-state index contributed by atoms with van der Waals surface area (Å²) in [7, 11) is 0. The molecule has 0 atom stereocenters. The van der Waals surface area contributed by atoms with Gasteiger partial charge in [0.25, 0.3) is 0 Å². The molecule has 0 aliphatic carbocycles. The summed E-state index contributed by atoms with van der Waals surface area (Å²) in [6.07, 6.45) is 1.18. The molecule has 4 N–H and O–H groups in total. The van der Waals surface area contributed by atoms with Crippen molar-refractivity contribution in [2.24, 2.45) is 5.73 Å². The van der Waals surface area contributed by atoms with Crippen LogP contribution in [0.25, 0.3) is 0 Å². The summed E-state index contributed by atoms with van der Waals surface area (Å²) in [6, 6.07) is -0.878. The number of amides is 3. The van der Waals surface area contributed by atoms with Crippen molar-refractivity contribution in [3.8, 4) is 0 Å². The number of imide groups is 1. The van der Waals surface area contributed by atoms with Gasteiger partial charge in [-0.1, -0.05) is 5.16 Å². The monoisotopic (exact) mass is 199 g/mol. The molecule has 0 fully saturated rings. The van der Waals surface area contributed by atoms with E-state index in [1.54, 1.807) is 0 Å². The number of nitrogens with zero attached hydrogens (tertiary/aromatic N) is 2. The second-order valence-corrected chi connectivity index (χ2v) is 2.36. The largest absolute Gasteiger partial charge is 0.351 e. The fraction of sp³-hybridized carbons (Fsp3) is 0.333. The van der Waals surface area contributed by atoms with Crippen LogP contribution in [-0.2, 0) is 11.3 Å². The van der Waals surface area contributed by atoms with Crippen LogP contribution in [0.4, 0.5) is 4.79 Å². The van der Waals surface area contributed by atoms with Crippen molar-refractivity contribution in [2.75, 3.05) is 6.54 Å². The van der Waals surface area contributed by atoms with Crippen molar-refractivity contribution in [3.63, 3.8) is 0 Å². The first-order valence-corrected chi connectivity index (χ1v) is 3.73. The summed E-state index contributed by atoms with van der Waals surface area (Å²) in [5, 5.41) is 8.09. The number of aromatic nitrogens is 2. The lowest BCUT2D eigenvalue weighted by atomic mass is 10.5. The number of hydrogen-bond acceptors (Lipinski definition) is 6. The zero-order chi connectivity index (χ0) is 10.4. The minimum absolute atomic E-state index is 0.0442. The summed E-state index contributed by atoms with van der Waals surface area (Å²) in [6.45, 7) is 0.236. The van der Waals surface area contributed by atoms with Gasteiger partial charge in [0.15, 0.2) is 5.82 Å². The Bertz CT molecular complexity index is 309. The van der Waals surface area contributed by atoms with Gasteiger partial charge in [-0.2, -0.15) is 4.98 Å². The first kappa shape index (κ1) is 10.1. The van der Waals surface area contributed by atoms with Gasteiger partial charge in [0.2, 0.25) is 12.3 Å². The maximum atomic E-state index is 10.8. The topological polar surface area (TPSA) is 123 Å². The van der Waals surface area contributed by atoms with E-state index >= 15 is 0 Å². The molecule has 76 valence electrons. The molecule has 0 saturated heterocycles. The van der Waals surface area contributed by atoms with E-state index in [0.29, 0.717) is 5.82 Å². The summed E-state index contributed by atoms with van der Waals surface area (Å²) >= 11 is 0. The Morgan fingerprint density at radius 2 is 2.36 bits per heavy atom. The van der Waals surface area contributed by atoms with Crippen LogP contribution in [0.15, 0.2) is 10.9 Å². The summed E-state index contributed by atoms with van der Waals surface area (Å²) in [4.78, 5) is 24.8. The molecule has 0 bridgehead atoms. The lowest BCUT2D eigenvalue weighted by Crippen LogP contribution is -2.40. The first-order valence-electron chi connectivity index (χ1n) is 3.73. The first-order chi connectivity index (χ1) is 6.68. The predicted molar refractivity (Wildman–Crippen MR) is 43.7 cm³/mol. The molecule has 14 heavy (non-hydrogen) atoms. The van der Waals surface area contributed by atoms with Crippen LogP contribution in [0, 0.1) is 0 Å². The molecular formula is C6H9N5O3. The van der Waals surface area contributed by atoms with Crippen LogP contribution in [0.3, 0.4) is 0 Å². The molecule has 0 aliphatic rings. The molecular weight excluding hydrogens is 190 g/mol. The average molecular weight is 199 g/mol. The Labute approximate surface area is 78.8 Å². The van der Waals surface area contributed by atoms with E-state index in [-0.39, 0.29) is 13.1 Å². The molecule has 1 heterocycles. The number of nitrogens with two attached hydrogens (primary N) is 1. The van der Waals surface area contributed by atoms with Crippen molar-refractivity contribution in [3.05, 3.63) is 12.2 Å². The van der Waals surface area contributed by atoms with Crippen LogP contribution >= 0.6 is 0 Å². The second kappa shape index (κ2) is 4.92. The van der Waals surface area contributed by atoms with Gasteiger partial charge in [-0.05, 0) is 0 Å². The molecule has 0 saturated carbocycles. The molecule has 0 aliphatic heterocycles. The number of rotatable bonds is 4. The van der Waals surface area contributed by atoms with E-state index in [4.69, 9.17) is 5.73 Å². The minimum atomic E-state index is -0.878. The van der Waals surface area contributed by atoms with E-state index < -0.39 is 11.9 Å². The molecule has 1 aromatic heterocycles. The fourth-order valence-electron chi connectivity index (χ4n) is 0.740. The highest BCUT2D eigenvalue weighted by atomic mass is 16.5. The lowest BCUT2D eigenvalue weighted by molar-refractivity contribution is -0.119. The summed E-state index contributed by atoms with van der Waals surface area (Å²) < 4.78 is 4.46. The van der Waals surface area contributed by atoms with Crippen molar-refractivity contribution in [2.45, 2.75) is 6.54 Å². The number of urea groups is 1. The van der Waals surface area contributed by atoms with Gasteiger partial charge in [0, 0.05) is 0 Å². The maximum absolute atomic E-state index is 10.8. The predicted octanol–water partition coefficient (Wildman–Crippen LogP) is -1.65. The Balaban J connectivity index is 2.15. The van der Waals surface area contributed by atoms with E-state index in [1.807, 2.05) is 5.32 Å². The van der Waals surface area contributed by atoms with Gasteiger partial charge in [0.05, 0.1) is 13.1 Å². The Morgan fingerprint density at radius 1 is 1.57 bits per heavy atom. The maximum Gasteiger partial charge on any atom is 0.318 e. The molecule has 1 rings (SSSR count). The van der Waals surface area contributed by atoms with Crippen LogP contribution < -0.4 is 16.4 Å². The third-order valence-electron chi connectivity index (χ3n) is 1.24. The third-order valence-corrected chi connectivity index (χ3v) is 1.24. The van der Waals surface area contributed by atoms with Crippen LogP contribution in [0.1, 0.15) is 5.82 Å². The second-order valence-electron chi connectivity index (χ2n) is 2.36. The summed E-state index contributed by atoms with van der Waals surface area (Å²) in [5.41, 5.74) is 4.72. The van der Waals surface area contributed by atoms with Gasteiger partial charge < -0.3 is 15.6 Å². The average Bonchev–Trinajstić information content (AvgIpc) is 2.55. The number of nitrogens with one attached hydrogen (secondary N) is 2. The van der Waals surface area contributed by atoms with Gasteiger partial charge in [-0.25, -0.2) is 4.79 Å². The Hall–Kier alpha value is -1.96. The van der Waals surface area contributed by atoms with E-state index in [1.165, 1.54) is 6.39 Å². The Morgan fingerprint density at radius 3 is 2.93 bits per heavy atom. The van der Waals surface area contributed by atoms with Crippen molar-refractivity contribution in [1.82, 2.24) is 20.8 Å². The Kier molecular flexibility index (Phi) is 3.56. The fourth-order valence-corrected chi connectivity index (χ4v) is 0.740. The van der Waals surface area contributed by atoms with Crippen LogP contribution in [0.2, 0.25) is 0 Å². The van der Waals surface area contributed by atoms with Crippen LogP contribution in [-0.4, -0.2) is 28.6 Å². The standard InChI is InChI=1S/C6H9N5O3/c7-6(13)10-5(12)2-8-1-4-9-3-14-11-4/h3,8H,1-2H2,(H3,7,10,12,13). The third kappa shape index (κ3) is 3.63. The molecule has 8 nitrogen and oxygen atoms in total. The SMILES string of the molecule is NC(=O)NC(=O)CNCc1ncon1. The quantitative estimate of drug-likeness (QED) is 0.534. The van der Waals surface area contributed by atoms with E-state index in [9.17, 15) is 9.59 Å². The number of primary amides is 1. The van der Waals surface area contributed by atoms with Gasteiger partial charge in [-0.15, -0.1) is 0 Å². The van der Waals surface area contributed by atoms with Gasteiger partial charge >= 0.3 is 6.03 Å². The van der Waals surface area contributed by atoms with Crippen LogP contribution in [0.5, 0.6) is 0 Å². The molecule has 0 radical (unpaired) electrons.